The van der Waals surface area contributed by atoms with Crippen LogP contribution in [0.4, 0.5) is 0 Å². The molecule has 0 aromatic rings. The molecule has 11 heavy (non-hydrogen) atoms. The van der Waals surface area contributed by atoms with Crippen LogP contribution in [-0.4, -0.2) is 13.1 Å². The topological polar surface area (TPSA) is 52.0 Å². The van der Waals surface area contributed by atoms with Gasteiger partial charge in [-0.15, -0.1) is 0 Å². The first-order chi connectivity index (χ1) is 5.22. The van der Waals surface area contributed by atoms with Crippen molar-refractivity contribution < 1.29 is 0 Å². The van der Waals surface area contributed by atoms with Gasteiger partial charge in [0.25, 0.3) is 0 Å². The summed E-state index contributed by atoms with van der Waals surface area (Å²) < 4.78 is 0. The van der Waals surface area contributed by atoms with E-state index in [4.69, 9.17) is 11.5 Å². The molecular formula is C9H18N2. The zero-order chi connectivity index (χ0) is 8.69. The second-order valence-corrected chi connectivity index (χ2v) is 2.73. The molecule has 0 aliphatic rings. The first-order valence-corrected chi connectivity index (χ1v) is 3.99. The summed E-state index contributed by atoms with van der Waals surface area (Å²) in [6.07, 6.45) is 6.01. The van der Waals surface area contributed by atoms with Gasteiger partial charge in [0.15, 0.2) is 0 Å². The van der Waals surface area contributed by atoms with E-state index >= 15 is 0 Å². The third-order valence-electron chi connectivity index (χ3n) is 1.47. The van der Waals surface area contributed by atoms with Crippen molar-refractivity contribution in [2.24, 2.45) is 17.4 Å². The Morgan fingerprint density at radius 3 is 2.27 bits per heavy atom. The van der Waals surface area contributed by atoms with E-state index < -0.39 is 0 Å². The molecule has 0 saturated heterocycles. The molecule has 0 bridgehead atoms. The van der Waals surface area contributed by atoms with Crippen LogP contribution in [0.2, 0.25) is 0 Å². The van der Waals surface area contributed by atoms with Crippen molar-refractivity contribution in [3.05, 3.63) is 23.8 Å². The van der Waals surface area contributed by atoms with Crippen LogP contribution in [-0.2, 0) is 0 Å². The van der Waals surface area contributed by atoms with Gasteiger partial charge in [-0.1, -0.05) is 32.1 Å². The van der Waals surface area contributed by atoms with Gasteiger partial charge in [0.2, 0.25) is 0 Å². The van der Waals surface area contributed by atoms with Gasteiger partial charge < -0.3 is 11.5 Å². The molecule has 0 unspecified atom stereocenters. The standard InChI is InChI=1S/C9H18N2/c1-8(2)9(5-7-11)4-3-6-10/h3-5,8H,6-7,10-11H2,1-2H3/b4-3-,9-5+. The molecule has 0 aromatic carbocycles. The molecule has 0 aliphatic heterocycles. The molecule has 0 aromatic heterocycles. The summed E-state index contributed by atoms with van der Waals surface area (Å²) in [6, 6.07) is 0. The number of rotatable bonds is 4. The lowest BCUT2D eigenvalue weighted by Crippen LogP contribution is -2.00. The van der Waals surface area contributed by atoms with Crippen molar-refractivity contribution in [3.8, 4) is 0 Å². The number of hydrogen-bond donors (Lipinski definition) is 2. The molecule has 4 N–H and O–H groups in total. The third kappa shape index (κ3) is 4.76. The maximum absolute atomic E-state index is 5.40. The third-order valence-corrected chi connectivity index (χ3v) is 1.47. The Labute approximate surface area is 69.0 Å². The molecule has 0 saturated carbocycles. The van der Waals surface area contributed by atoms with Crippen LogP contribution in [0.15, 0.2) is 23.8 Å². The van der Waals surface area contributed by atoms with Crippen molar-refractivity contribution in [1.29, 1.82) is 0 Å². The van der Waals surface area contributed by atoms with Crippen LogP contribution in [0, 0.1) is 5.92 Å². The largest absolute Gasteiger partial charge is 0.327 e. The second-order valence-electron chi connectivity index (χ2n) is 2.73. The van der Waals surface area contributed by atoms with E-state index in [0.717, 1.165) is 0 Å². The Morgan fingerprint density at radius 2 is 1.91 bits per heavy atom. The fraction of sp³-hybridized carbons (Fsp3) is 0.556. The molecule has 0 radical (unpaired) electrons. The highest BCUT2D eigenvalue weighted by atomic mass is 14.5. The lowest BCUT2D eigenvalue weighted by atomic mass is 10.0. The highest BCUT2D eigenvalue weighted by Crippen LogP contribution is 2.09. The van der Waals surface area contributed by atoms with Crippen molar-refractivity contribution in [2.45, 2.75) is 13.8 Å². The maximum Gasteiger partial charge on any atom is 0.0112 e. The Morgan fingerprint density at radius 1 is 1.27 bits per heavy atom. The van der Waals surface area contributed by atoms with Gasteiger partial charge in [-0.05, 0) is 11.5 Å². The van der Waals surface area contributed by atoms with Crippen molar-refractivity contribution in [2.75, 3.05) is 13.1 Å². The van der Waals surface area contributed by atoms with Crippen LogP contribution < -0.4 is 11.5 Å². The smallest absolute Gasteiger partial charge is 0.0112 e. The fourth-order valence-electron chi connectivity index (χ4n) is 0.836. The lowest BCUT2D eigenvalue weighted by Gasteiger charge is -2.04. The van der Waals surface area contributed by atoms with Crippen molar-refractivity contribution in [1.82, 2.24) is 0 Å². The maximum atomic E-state index is 5.40. The zero-order valence-corrected chi connectivity index (χ0v) is 7.38. The van der Waals surface area contributed by atoms with Gasteiger partial charge >= 0.3 is 0 Å². The number of hydrogen-bond acceptors (Lipinski definition) is 2. The quantitative estimate of drug-likeness (QED) is 0.594. The lowest BCUT2D eigenvalue weighted by molar-refractivity contribution is 0.786. The van der Waals surface area contributed by atoms with E-state index in [-0.39, 0.29) is 0 Å². The van der Waals surface area contributed by atoms with Crippen LogP contribution >= 0.6 is 0 Å². The Bertz CT molecular complexity index is 146. The monoisotopic (exact) mass is 154 g/mol. The average Bonchev–Trinajstić information content (AvgIpc) is 1.97. The predicted molar refractivity (Wildman–Crippen MR) is 50.2 cm³/mol. The number of allylic oxidation sites excluding steroid dienone is 2. The molecule has 0 heterocycles. The minimum Gasteiger partial charge on any atom is -0.327 e. The molecular weight excluding hydrogens is 136 g/mol. The molecule has 0 rings (SSSR count). The van der Waals surface area contributed by atoms with Gasteiger partial charge in [0.05, 0.1) is 0 Å². The molecule has 0 aliphatic carbocycles. The molecule has 2 heteroatoms. The summed E-state index contributed by atoms with van der Waals surface area (Å²) in [5.41, 5.74) is 12.0. The predicted octanol–water partition coefficient (Wildman–Crippen LogP) is 1.04. The van der Waals surface area contributed by atoms with Gasteiger partial charge in [0, 0.05) is 13.1 Å². The average molecular weight is 154 g/mol. The van der Waals surface area contributed by atoms with Gasteiger partial charge in [-0.25, -0.2) is 0 Å². The first kappa shape index (κ1) is 10.4. The number of nitrogens with two attached hydrogens (primary N) is 2. The van der Waals surface area contributed by atoms with Gasteiger partial charge in [0.1, 0.15) is 0 Å². The summed E-state index contributed by atoms with van der Waals surface area (Å²) >= 11 is 0. The van der Waals surface area contributed by atoms with Crippen LogP contribution in [0.1, 0.15) is 13.8 Å². The summed E-state index contributed by atoms with van der Waals surface area (Å²) in [5.74, 6) is 0.529. The van der Waals surface area contributed by atoms with Crippen LogP contribution in [0.25, 0.3) is 0 Å². The van der Waals surface area contributed by atoms with Crippen molar-refractivity contribution >= 4 is 0 Å². The molecule has 0 spiro atoms. The highest BCUT2D eigenvalue weighted by molar-refractivity contribution is 5.21. The summed E-state index contributed by atoms with van der Waals surface area (Å²) in [6.45, 7) is 5.47. The fourth-order valence-corrected chi connectivity index (χ4v) is 0.836. The van der Waals surface area contributed by atoms with Gasteiger partial charge in [-0.3, -0.25) is 0 Å². The van der Waals surface area contributed by atoms with E-state index in [9.17, 15) is 0 Å². The molecule has 0 fully saturated rings. The zero-order valence-electron chi connectivity index (χ0n) is 7.38. The summed E-state index contributed by atoms with van der Waals surface area (Å²) in [5, 5.41) is 0. The molecule has 2 nitrogen and oxygen atoms in total. The minimum atomic E-state index is 0.529. The van der Waals surface area contributed by atoms with Crippen molar-refractivity contribution in [3.63, 3.8) is 0 Å². The highest BCUT2D eigenvalue weighted by Gasteiger charge is 1.96. The van der Waals surface area contributed by atoms with E-state index in [0.29, 0.717) is 19.0 Å². The van der Waals surface area contributed by atoms with E-state index in [1.807, 2.05) is 18.2 Å². The Hall–Kier alpha value is -0.600. The molecule has 0 atom stereocenters. The van der Waals surface area contributed by atoms with Crippen LogP contribution in [0.5, 0.6) is 0 Å². The second kappa shape index (κ2) is 6.13. The molecule has 0 amide bonds. The normalized spacial score (nSPS) is 13.4. The Kier molecular flexibility index (Phi) is 5.80. The van der Waals surface area contributed by atoms with E-state index in [1.165, 1.54) is 5.57 Å². The first-order valence-electron chi connectivity index (χ1n) is 3.99. The minimum absolute atomic E-state index is 0.529. The summed E-state index contributed by atoms with van der Waals surface area (Å²) in [4.78, 5) is 0. The summed E-state index contributed by atoms with van der Waals surface area (Å²) in [7, 11) is 0. The van der Waals surface area contributed by atoms with Crippen LogP contribution in [0.3, 0.4) is 0 Å². The van der Waals surface area contributed by atoms with Gasteiger partial charge in [-0.2, -0.15) is 0 Å². The molecule has 64 valence electrons. The van der Waals surface area contributed by atoms with E-state index in [2.05, 4.69) is 13.8 Å². The SMILES string of the molecule is CC(C)C(/C=C\CN)=C/CN. The Balaban J connectivity index is 4.11. The van der Waals surface area contributed by atoms with E-state index in [1.54, 1.807) is 0 Å².